The normalized spacial score (nSPS) is 9.60. The number of hydrogen-bond acceptors (Lipinski definition) is 2. The van der Waals surface area contributed by atoms with E-state index in [1.54, 1.807) is 6.07 Å². The molecule has 2 heteroatoms. The second-order valence-electron chi connectivity index (χ2n) is 3.89. The van der Waals surface area contributed by atoms with Crippen LogP contribution in [0.15, 0.2) is 29.8 Å². The van der Waals surface area contributed by atoms with Crippen molar-refractivity contribution in [3.63, 3.8) is 0 Å². The van der Waals surface area contributed by atoms with Gasteiger partial charge >= 0.3 is 5.97 Å². The van der Waals surface area contributed by atoms with Crippen LogP contribution in [0.3, 0.4) is 0 Å². The minimum atomic E-state index is -0.321. The van der Waals surface area contributed by atoms with Crippen LogP contribution in [-0.2, 0) is 4.79 Å². The smallest absolute Gasteiger partial charge is 0.336 e. The van der Waals surface area contributed by atoms with Crippen LogP contribution in [0.1, 0.15) is 25.0 Å². The zero-order valence-electron chi connectivity index (χ0n) is 9.63. The molecule has 0 atom stereocenters. The fourth-order valence-corrected chi connectivity index (χ4v) is 1.16. The molecular weight excluding hydrogens is 188 g/mol. The molecule has 0 saturated heterocycles. The molecule has 0 radical (unpaired) electrons. The highest BCUT2D eigenvalue weighted by Gasteiger charge is 2.02. The molecule has 1 aromatic rings. The fourth-order valence-electron chi connectivity index (χ4n) is 1.16. The van der Waals surface area contributed by atoms with Gasteiger partial charge in [0.05, 0.1) is 0 Å². The third kappa shape index (κ3) is 3.58. The maximum absolute atomic E-state index is 11.3. The van der Waals surface area contributed by atoms with Gasteiger partial charge in [0.15, 0.2) is 0 Å². The highest BCUT2D eigenvalue weighted by molar-refractivity contribution is 5.84. The molecule has 0 fully saturated rings. The number of ether oxygens (including phenoxy) is 1. The lowest BCUT2D eigenvalue weighted by molar-refractivity contribution is -0.129. The zero-order chi connectivity index (χ0) is 11.4. The predicted octanol–water partition coefficient (Wildman–Crippen LogP) is 3.18. The van der Waals surface area contributed by atoms with Crippen LogP contribution >= 0.6 is 0 Å². The van der Waals surface area contributed by atoms with Gasteiger partial charge in [0, 0.05) is 6.08 Å². The second-order valence-corrected chi connectivity index (χ2v) is 3.89. The van der Waals surface area contributed by atoms with Crippen LogP contribution in [0, 0.1) is 13.8 Å². The maximum Gasteiger partial charge on any atom is 0.336 e. The minimum absolute atomic E-state index is 0.321. The summed E-state index contributed by atoms with van der Waals surface area (Å²) in [7, 11) is 0. The Morgan fingerprint density at radius 1 is 1.20 bits per heavy atom. The molecule has 0 bridgehead atoms. The molecule has 80 valence electrons. The van der Waals surface area contributed by atoms with Crippen LogP contribution in [0.25, 0.3) is 0 Å². The Morgan fingerprint density at radius 2 is 1.87 bits per heavy atom. The Morgan fingerprint density at radius 3 is 2.40 bits per heavy atom. The zero-order valence-corrected chi connectivity index (χ0v) is 9.63. The monoisotopic (exact) mass is 204 g/mol. The first-order valence-electron chi connectivity index (χ1n) is 4.93. The molecule has 1 rings (SSSR count). The Balaban J connectivity index is 2.78. The molecule has 1 aromatic carbocycles. The van der Waals surface area contributed by atoms with Gasteiger partial charge in [-0.05, 0) is 51.0 Å². The number of rotatable bonds is 2. The molecular formula is C13H16O2. The van der Waals surface area contributed by atoms with Crippen LogP contribution in [0.5, 0.6) is 5.75 Å². The number of aryl methyl sites for hydroxylation is 2. The van der Waals surface area contributed by atoms with E-state index in [-0.39, 0.29) is 5.97 Å². The van der Waals surface area contributed by atoms with Crippen LogP contribution in [0.2, 0.25) is 0 Å². The summed E-state index contributed by atoms with van der Waals surface area (Å²) in [5.41, 5.74) is 3.25. The van der Waals surface area contributed by atoms with Crippen molar-refractivity contribution in [1.82, 2.24) is 0 Å². The standard InChI is InChI=1S/C13H16O2/c1-9(2)7-13(14)15-12-6-5-10(3)11(4)8-12/h5-8H,1-4H3. The Kier molecular flexibility index (Phi) is 3.67. The van der Waals surface area contributed by atoms with Crippen molar-refractivity contribution in [3.05, 3.63) is 41.0 Å². The maximum atomic E-state index is 11.3. The molecule has 0 aliphatic heterocycles. The summed E-state index contributed by atoms with van der Waals surface area (Å²) >= 11 is 0. The highest BCUT2D eigenvalue weighted by atomic mass is 16.5. The lowest BCUT2D eigenvalue weighted by atomic mass is 10.1. The SMILES string of the molecule is CC(C)=CC(=O)Oc1ccc(C)c(C)c1. The molecule has 0 heterocycles. The summed E-state index contributed by atoms with van der Waals surface area (Å²) in [5.74, 6) is 0.277. The summed E-state index contributed by atoms with van der Waals surface area (Å²) in [5, 5.41) is 0. The lowest BCUT2D eigenvalue weighted by Gasteiger charge is -2.04. The molecule has 0 amide bonds. The van der Waals surface area contributed by atoms with Crippen molar-refractivity contribution >= 4 is 5.97 Å². The number of allylic oxidation sites excluding steroid dienone is 1. The summed E-state index contributed by atoms with van der Waals surface area (Å²) in [6.07, 6.45) is 1.48. The van der Waals surface area contributed by atoms with Crippen molar-refractivity contribution in [1.29, 1.82) is 0 Å². The number of carbonyl (C=O) groups excluding carboxylic acids is 1. The van der Waals surface area contributed by atoms with E-state index in [0.717, 1.165) is 11.1 Å². The van der Waals surface area contributed by atoms with E-state index in [1.807, 2.05) is 39.8 Å². The van der Waals surface area contributed by atoms with Gasteiger partial charge in [0.2, 0.25) is 0 Å². The first-order chi connectivity index (χ1) is 6.99. The predicted molar refractivity (Wildman–Crippen MR) is 61.0 cm³/mol. The van der Waals surface area contributed by atoms with E-state index < -0.39 is 0 Å². The van der Waals surface area contributed by atoms with E-state index in [0.29, 0.717) is 5.75 Å². The van der Waals surface area contributed by atoms with Gasteiger partial charge in [-0.2, -0.15) is 0 Å². The topological polar surface area (TPSA) is 26.3 Å². The van der Waals surface area contributed by atoms with Crippen LogP contribution in [-0.4, -0.2) is 5.97 Å². The fraction of sp³-hybridized carbons (Fsp3) is 0.308. The van der Waals surface area contributed by atoms with Gasteiger partial charge in [-0.3, -0.25) is 0 Å². The van der Waals surface area contributed by atoms with E-state index in [9.17, 15) is 4.79 Å². The van der Waals surface area contributed by atoms with Gasteiger partial charge in [-0.1, -0.05) is 11.6 Å². The van der Waals surface area contributed by atoms with E-state index in [1.165, 1.54) is 11.6 Å². The first kappa shape index (κ1) is 11.5. The average Bonchev–Trinajstić information content (AvgIpc) is 2.10. The molecule has 0 aliphatic carbocycles. The molecule has 0 spiro atoms. The Labute approximate surface area is 90.6 Å². The van der Waals surface area contributed by atoms with E-state index >= 15 is 0 Å². The minimum Gasteiger partial charge on any atom is -0.423 e. The van der Waals surface area contributed by atoms with Gasteiger partial charge in [-0.25, -0.2) is 4.79 Å². The summed E-state index contributed by atoms with van der Waals surface area (Å²) in [6.45, 7) is 7.74. The third-order valence-corrected chi connectivity index (χ3v) is 2.10. The summed E-state index contributed by atoms with van der Waals surface area (Å²) in [6, 6.07) is 5.62. The largest absolute Gasteiger partial charge is 0.423 e. The molecule has 0 N–H and O–H groups in total. The molecule has 0 unspecified atom stereocenters. The van der Waals surface area contributed by atoms with Crippen molar-refractivity contribution in [2.75, 3.05) is 0 Å². The summed E-state index contributed by atoms with van der Waals surface area (Å²) < 4.78 is 5.15. The van der Waals surface area contributed by atoms with Gasteiger partial charge < -0.3 is 4.74 Å². The quantitative estimate of drug-likeness (QED) is 0.420. The molecule has 0 saturated carbocycles. The van der Waals surface area contributed by atoms with Crippen LogP contribution in [0.4, 0.5) is 0 Å². The lowest BCUT2D eigenvalue weighted by Crippen LogP contribution is -2.04. The van der Waals surface area contributed by atoms with Gasteiger partial charge in [0.1, 0.15) is 5.75 Å². The second kappa shape index (κ2) is 4.78. The van der Waals surface area contributed by atoms with Crippen molar-refractivity contribution in [2.45, 2.75) is 27.7 Å². The Bertz CT molecular complexity index is 399. The molecule has 15 heavy (non-hydrogen) atoms. The number of benzene rings is 1. The summed E-state index contributed by atoms with van der Waals surface area (Å²) in [4.78, 5) is 11.3. The van der Waals surface area contributed by atoms with Gasteiger partial charge in [0.25, 0.3) is 0 Å². The average molecular weight is 204 g/mol. The first-order valence-corrected chi connectivity index (χ1v) is 4.93. The van der Waals surface area contributed by atoms with E-state index in [4.69, 9.17) is 4.74 Å². The number of hydrogen-bond donors (Lipinski definition) is 0. The highest BCUT2D eigenvalue weighted by Crippen LogP contribution is 2.16. The molecule has 0 aliphatic rings. The number of esters is 1. The third-order valence-electron chi connectivity index (χ3n) is 2.10. The molecule has 2 nitrogen and oxygen atoms in total. The van der Waals surface area contributed by atoms with Crippen molar-refractivity contribution in [2.24, 2.45) is 0 Å². The van der Waals surface area contributed by atoms with Gasteiger partial charge in [-0.15, -0.1) is 0 Å². The number of carbonyl (C=O) groups is 1. The van der Waals surface area contributed by atoms with E-state index in [2.05, 4.69) is 0 Å². The van der Waals surface area contributed by atoms with Crippen molar-refractivity contribution in [3.8, 4) is 5.75 Å². The Hall–Kier alpha value is -1.57. The van der Waals surface area contributed by atoms with Crippen molar-refractivity contribution < 1.29 is 9.53 Å². The molecule has 0 aromatic heterocycles. The van der Waals surface area contributed by atoms with Crippen LogP contribution < -0.4 is 4.74 Å².